The molecule has 104 valence electrons. The molecule has 0 heterocycles. The van der Waals surface area contributed by atoms with Gasteiger partial charge in [0.1, 0.15) is 11.5 Å². The summed E-state index contributed by atoms with van der Waals surface area (Å²) in [5, 5.41) is 3.10. The maximum atomic E-state index is 12.2. The monoisotopic (exact) mass is 291 g/mol. The SMILES string of the molecule is COc1ccc(C(=O)Nc2ccccc2OC)c(Cl)c1. The summed E-state index contributed by atoms with van der Waals surface area (Å²) in [7, 11) is 3.09. The van der Waals surface area contributed by atoms with Crippen molar-refractivity contribution >= 4 is 23.2 Å². The minimum atomic E-state index is -0.304. The number of halogens is 1. The maximum Gasteiger partial charge on any atom is 0.257 e. The van der Waals surface area contributed by atoms with E-state index in [9.17, 15) is 4.79 Å². The van der Waals surface area contributed by atoms with Crippen LogP contribution < -0.4 is 14.8 Å². The van der Waals surface area contributed by atoms with Gasteiger partial charge in [0.25, 0.3) is 5.91 Å². The number of amides is 1. The second kappa shape index (κ2) is 6.30. The van der Waals surface area contributed by atoms with Gasteiger partial charge in [-0.3, -0.25) is 4.79 Å². The zero-order chi connectivity index (χ0) is 14.5. The van der Waals surface area contributed by atoms with Crippen molar-refractivity contribution in [2.75, 3.05) is 19.5 Å². The number of para-hydroxylation sites is 2. The van der Waals surface area contributed by atoms with Gasteiger partial charge < -0.3 is 14.8 Å². The lowest BCUT2D eigenvalue weighted by Gasteiger charge is -2.11. The van der Waals surface area contributed by atoms with Crippen LogP contribution in [0.3, 0.4) is 0 Å². The molecule has 1 N–H and O–H groups in total. The van der Waals surface area contributed by atoms with Crippen molar-refractivity contribution in [3.8, 4) is 11.5 Å². The standard InChI is InChI=1S/C15H14ClNO3/c1-19-10-7-8-11(12(16)9-10)15(18)17-13-5-3-4-6-14(13)20-2/h3-9H,1-2H3,(H,17,18). The average Bonchev–Trinajstić information content (AvgIpc) is 2.47. The third kappa shape index (κ3) is 3.03. The topological polar surface area (TPSA) is 47.6 Å². The Bertz CT molecular complexity index is 628. The molecule has 1 amide bonds. The van der Waals surface area contributed by atoms with E-state index in [1.807, 2.05) is 12.1 Å². The zero-order valence-electron chi connectivity index (χ0n) is 11.1. The van der Waals surface area contributed by atoms with Gasteiger partial charge in [-0.15, -0.1) is 0 Å². The molecule has 0 radical (unpaired) electrons. The van der Waals surface area contributed by atoms with E-state index in [1.165, 1.54) is 0 Å². The normalized spacial score (nSPS) is 9.95. The number of ether oxygens (including phenoxy) is 2. The highest BCUT2D eigenvalue weighted by atomic mass is 35.5. The van der Waals surface area contributed by atoms with Gasteiger partial charge in [0.15, 0.2) is 0 Å². The molecule has 0 saturated heterocycles. The Morgan fingerprint density at radius 1 is 1.10 bits per heavy atom. The lowest BCUT2D eigenvalue weighted by Crippen LogP contribution is -2.13. The largest absolute Gasteiger partial charge is 0.497 e. The highest BCUT2D eigenvalue weighted by Gasteiger charge is 2.13. The predicted octanol–water partition coefficient (Wildman–Crippen LogP) is 3.61. The molecule has 0 aliphatic carbocycles. The number of rotatable bonds is 4. The van der Waals surface area contributed by atoms with Gasteiger partial charge in [-0.05, 0) is 30.3 Å². The van der Waals surface area contributed by atoms with Gasteiger partial charge in [0.2, 0.25) is 0 Å². The van der Waals surface area contributed by atoms with Crippen molar-refractivity contribution in [2.24, 2.45) is 0 Å². The van der Waals surface area contributed by atoms with Crippen molar-refractivity contribution < 1.29 is 14.3 Å². The Morgan fingerprint density at radius 3 is 2.50 bits per heavy atom. The molecule has 5 heteroatoms. The first-order valence-corrected chi connectivity index (χ1v) is 6.31. The first-order chi connectivity index (χ1) is 9.65. The quantitative estimate of drug-likeness (QED) is 0.936. The molecule has 20 heavy (non-hydrogen) atoms. The number of benzene rings is 2. The summed E-state index contributed by atoms with van der Waals surface area (Å²) < 4.78 is 10.2. The molecule has 0 spiro atoms. The Kier molecular flexibility index (Phi) is 4.48. The van der Waals surface area contributed by atoms with Crippen LogP contribution in [0.15, 0.2) is 42.5 Å². The van der Waals surface area contributed by atoms with E-state index in [0.29, 0.717) is 27.8 Å². The highest BCUT2D eigenvalue weighted by molar-refractivity contribution is 6.34. The summed E-state index contributed by atoms with van der Waals surface area (Å²) in [5.74, 6) is 0.886. The average molecular weight is 292 g/mol. The molecular formula is C15H14ClNO3. The fourth-order valence-electron chi connectivity index (χ4n) is 1.74. The van der Waals surface area contributed by atoms with Gasteiger partial charge in [-0.1, -0.05) is 23.7 Å². The second-order valence-corrected chi connectivity index (χ2v) is 4.41. The van der Waals surface area contributed by atoms with Gasteiger partial charge in [0, 0.05) is 0 Å². The van der Waals surface area contributed by atoms with Gasteiger partial charge in [-0.2, -0.15) is 0 Å². The van der Waals surface area contributed by atoms with Gasteiger partial charge in [0.05, 0.1) is 30.5 Å². The summed E-state index contributed by atoms with van der Waals surface area (Å²) >= 11 is 6.07. The highest BCUT2D eigenvalue weighted by Crippen LogP contribution is 2.26. The van der Waals surface area contributed by atoms with E-state index in [2.05, 4.69) is 5.32 Å². The third-order valence-corrected chi connectivity index (χ3v) is 3.09. The minimum absolute atomic E-state index is 0.304. The van der Waals surface area contributed by atoms with Crippen molar-refractivity contribution in [3.63, 3.8) is 0 Å². The minimum Gasteiger partial charge on any atom is -0.497 e. The summed E-state index contributed by atoms with van der Waals surface area (Å²) in [6, 6.07) is 12.1. The fraction of sp³-hybridized carbons (Fsp3) is 0.133. The van der Waals surface area contributed by atoms with Crippen LogP contribution in [0.1, 0.15) is 10.4 Å². The van der Waals surface area contributed by atoms with E-state index < -0.39 is 0 Å². The Balaban J connectivity index is 2.24. The zero-order valence-corrected chi connectivity index (χ0v) is 11.9. The van der Waals surface area contributed by atoms with E-state index in [0.717, 1.165) is 0 Å². The molecular weight excluding hydrogens is 278 g/mol. The number of carbonyl (C=O) groups excluding carboxylic acids is 1. The summed E-state index contributed by atoms with van der Waals surface area (Å²) in [4.78, 5) is 12.2. The summed E-state index contributed by atoms with van der Waals surface area (Å²) in [5.41, 5.74) is 0.963. The molecule has 0 aliphatic heterocycles. The number of carbonyl (C=O) groups is 1. The molecule has 2 rings (SSSR count). The van der Waals surface area contributed by atoms with E-state index >= 15 is 0 Å². The van der Waals surface area contributed by atoms with E-state index in [4.69, 9.17) is 21.1 Å². The van der Waals surface area contributed by atoms with Crippen LogP contribution in [0.25, 0.3) is 0 Å². The van der Waals surface area contributed by atoms with E-state index in [1.54, 1.807) is 44.6 Å². The number of methoxy groups -OCH3 is 2. The number of hydrogen-bond acceptors (Lipinski definition) is 3. The van der Waals surface area contributed by atoms with Gasteiger partial charge in [-0.25, -0.2) is 0 Å². The third-order valence-electron chi connectivity index (χ3n) is 2.78. The van der Waals surface area contributed by atoms with Crippen molar-refractivity contribution in [1.82, 2.24) is 0 Å². The molecule has 4 nitrogen and oxygen atoms in total. The maximum absolute atomic E-state index is 12.2. The fourth-order valence-corrected chi connectivity index (χ4v) is 2.00. The number of hydrogen-bond donors (Lipinski definition) is 1. The predicted molar refractivity (Wildman–Crippen MR) is 79.0 cm³/mol. The van der Waals surface area contributed by atoms with Crippen LogP contribution in [-0.4, -0.2) is 20.1 Å². The van der Waals surface area contributed by atoms with Crippen LogP contribution in [0.2, 0.25) is 5.02 Å². The lowest BCUT2D eigenvalue weighted by molar-refractivity contribution is 0.102. The second-order valence-electron chi connectivity index (χ2n) is 4.00. The summed E-state index contributed by atoms with van der Waals surface area (Å²) in [6.07, 6.45) is 0. The van der Waals surface area contributed by atoms with Gasteiger partial charge >= 0.3 is 0 Å². The Hall–Kier alpha value is -2.20. The molecule has 0 bridgehead atoms. The molecule has 0 saturated carbocycles. The molecule has 0 fully saturated rings. The number of nitrogens with one attached hydrogen (secondary N) is 1. The first kappa shape index (κ1) is 14.2. The van der Waals surface area contributed by atoms with E-state index in [-0.39, 0.29) is 5.91 Å². The van der Waals surface area contributed by atoms with Crippen molar-refractivity contribution in [1.29, 1.82) is 0 Å². The number of anilines is 1. The van der Waals surface area contributed by atoms with Crippen molar-refractivity contribution in [2.45, 2.75) is 0 Å². The van der Waals surface area contributed by atoms with Crippen LogP contribution in [0.4, 0.5) is 5.69 Å². The lowest BCUT2D eigenvalue weighted by atomic mass is 10.2. The van der Waals surface area contributed by atoms with Crippen LogP contribution in [0.5, 0.6) is 11.5 Å². The molecule has 0 aromatic heterocycles. The van der Waals surface area contributed by atoms with Crippen LogP contribution >= 0.6 is 11.6 Å². The Morgan fingerprint density at radius 2 is 1.85 bits per heavy atom. The first-order valence-electron chi connectivity index (χ1n) is 5.93. The molecule has 0 atom stereocenters. The van der Waals surface area contributed by atoms with Crippen LogP contribution in [-0.2, 0) is 0 Å². The molecule has 0 aliphatic rings. The molecule has 2 aromatic rings. The van der Waals surface area contributed by atoms with Crippen LogP contribution in [0, 0.1) is 0 Å². The molecule has 2 aromatic carbocycles. The summed E-state index contributed by atoms with van der Waals surface area (Å²) in [6.45, 7) is 0. The smallest absolute Gasteiger partial charge is 0.257 e. The Labute approximate surface area is 122 Å². The molecule has 0 unspecified atom stereocenters. The van der Waals surface area contributed by atoms with Crippen molar-refractivity contribution in [3.05, 3.63) is 53.1 Å².